The number of hydrogen-bond acceptors (Lipinski definition) is 1. The lowest BCUT2D eigenvalue weighted by Crippen LogP contribution is -2.19. The lowest BCUT2D eigenvalue weighted by Gasteiger charge is -2.16. The second-order valence-electron chi connectivity index (χ2n) is 4.36. The summed E-state index contributed by atoms with van der Waals surface area (Å²) in [6.07, 6.45) is 0. The van der Waals surface area contributed by atoms with E-state index >= 15 is 0 Å². The normalized spacial score (nSPS) is 12.4. The zero-order valence-corrected chi connectivity index (χ0v) is 12.8. The van der Waals surface area contributed by atoms with Crippen molar-refractivity contribution < 1.29 is 4.39 Å². The molecule has 1 N–H and O–H groups in total. The molecule has 100 valence electrons. The van der Waals surface area contributed by atoms with E-state index in [0.29, 0.717) is 17.1 Å². The minimum atomic E-state index is -0.191. The highest BCUT2D eigenvalue weighted by Gasteiger charge is 2.10. The van der Waals surface area contributed by atoms with Crippen LogP contribution in [0.1, 0.15) is 24.1 Å². The second-order valence-corrected chi connectivity index (χ2v) is 5.68. The summed E-state index contributed by atoms with van der Waals surface area (Å²) < 4.78 is 14.4. The van der Waals surface area contributed by atoms with E-state index in [1.807, 2.05) is 31.2 Å². The van der Waals surface area contributed by atoms with E-state index in [0.717, 1.165) is 10.0 Å². The summed E-state index contributed by atoms with van der Waals surface area (Å²) in [7, 11) is 0. The maximum atomic E-state index is 13.5. The van der Waals surface area contributed by atoms with Gasteiger partial charge in [-0.25, -0.2) is 4.39 Å². The number of nitrogens with one attached hydrogen (secondary N) is 1. The summed E-state index contributed by atoms with van der Waals surface area (Å²) in [4.78, 5) is 0. The maximum Gasteiger partial charge on any atom is 0.127 e. The van der Waals surface area contributed by atoms with Crippen molar-refractivity contribution in [3.63, 3.8) is 0 Å². The van der Waals surface area contributed by atoms with Gasteiger partial charge in [0.15, 0.2) is 0 Å². The van der Waals surface area contributed by atoms with Crippen LogP contribution in [-0.2, 0) is 6.54 Å². The first-order chi connectivity index (χ1) is 9.08. The Balaban J connectivity index is 2.05. The Morgan fingerprint density at radius 3 is 2.68 bits per heavy atom. The van der Waals surface area contributed by atoms with Gasteiger partial charge in [0.25, 0.3) is 0 Å². The van der Waals surface area contributed by atoms with Crippen molar-refractivity contribution in [3.8, 4) is 0 Å². The van der Waals surface area contributed by atoms with Crippen LogP contribution >= 0.6 is 27.5 Å². The van der Waals surface area contributed by atoms with Gasteiger partial charge >= 0.3 is 0 Å². The molecule has 2 rings (SSSR count). The van der Waals surface area contributed by atoms with E-state index in [1.165, 1.54) is 6.07 Å². The van der Waals surface area contributed by atoms with Gasteiger partial charge < -0.3 is 5.32 Å². The molecule has 0 aliphatic heterocycles. The molecule has 0 saturated carbocycles. The quantitative estimate of drug-likeness (QED) is 0.816. The van der Waals surface area contributed by atoms with Crippen LogP contribution in [-0.4, -0.2) is 0 Å². The number of rotatable bonds is 4. The van der Waals surface area contributed by atoms with Crippen LogP contribution in [0.2, 0.25) is 5.02 Å². The maximum absolute atomic E-state index is 13.5. The molecule has 1 atom stereocenters. The summed E-state index contributed by atoms with van der Waals surface area (Å²) in [6.45, 7) is 2.48. The highest BCUT2D eigenvalue weighted by Crippen LogP contribution is 2.26. The van der Waals surface area contributed by atoms with Crippen LogP contribution in [0.3, 0.4) is 0 Å². The van der Waals surface area contributed by atoms with Crippen molar-refractivity contribution in [1.29, 1.82) is 0 Å². The monoisotopic (exact) mass is 341 g/mol. The van der Waals surface area contributed by atoms with E-state index in [1.54, 1.807) is 12.1 Å². The lowest BCUT2D eigenvalue weighted by molar-refractivity contribution is 0.544. The highest BCUT2D eigenvalue weighted by atomic mass is 79.9. The van der Waals surface area contributed by atoms with E-state index in [2.05, 4.69) is 21.2 Å². The van der Waals surface area contributed by atoms with Crippen molar-refractivity contribution in [1.82, 2.24) is 5.32 Å². The van der Waals surface area contributed by atoms with Gasteiger partial charge in [-0.2, -0.15) is 0 Å². The van der Waals surface area contributed by atoms with Gasteiger partial charge in [0.05, 0.1) is 0 Å². The predicted molar refractivity (Wildman–Crippen MR) is 80.8 cm³/mol. The van der Waals surface area contributed by atoms with E-state index in [9.17, 15) is 4.39 Å². The topological polar surface area (TPSA) is 12.0 Å². The van der Waals surface area contributed by atoms with Crippen LogP contribution in [0.15, 0.2) is 46.9 Å². The number of benzene rings is 2. The predicted octanol–water partition coefficient (Wildman–Crippen LogP) is 5.09. The molecule has 4 heteroatoms. The SMILES string of the molecule is CC(NCc1ccccc1F)c1ccc(Br)cc1Cl. The van der Waals surface area contributed by atoms with Crippen molar-refractivity contribution in [2.75, 3.05) is 0 Å². The van der Waals surface area contributed by atoms with Crippen LogP contribution in [0.4, 0.5) is 4.39 Å². The average molecular weight is 343 g/mol. The molecule has 0 aliphatic carbocycles. The summed E-state index contributed by atoms with van der Waals surface area (Å²) in [6, 6.07) is 12.6. The molecule has 0 amide bonds. The summed E-state index contributed by atoms with van der Waals surface area (Å²) in [5.41, 5.74) is 1.66. The van der Waals surface area contributed by atoms with Crippen LogP contribution in [0.5, 0.6) is 0 Å². The molecular formula is C15H14BrClFN. The molecular weight excluding hydrogens is 329 g/mol. The van der Waals surface area contributed by atoms with Crippen molar-refractivity contribution in [2.24, 2.45) is 0 Å². The summed E-state index contributed by atoms with van der Waals surface area (Å²) in [5.74, 6) is -0.191. The van der Waals surface area contributed by atoms with Gasteiger partial charge in [-0.3, -0.25) is 0 Å². The third-order valence-electron chi connectivity index (χ3n) is 2.99. The van der Waals surface area contributed by atoms with E-state index in [-0.39, 0.29) is 11.9 Å². The number of hydrogen-bond donors (Lipinski definition) is 1. The van der Waals surface area contributed by atoms with Crippen molar-refractivity contribution in [2.45, 2.75) is 19.5 Å². The molecule has 2 aromatic rings. The lowest BCUT2D eigenvalue weighted by atomic mass is 10.1. The van der Waals surface area contributed by atoms with Gasteiger partial charge in [0.1, 0.15) is 5.82 Å². The third-order valence-corrected chi connectivity index (χ3v) is 3.81. The Morgan fingerprint density at radius 1 is 1.26 bits per heavy atom. The first-order valence-electron chi connectivity index (χ1n) is 5.99. The fourth-order valence-electron chi connectivity index (χ4n) is 1.87. The minimum Gasteiger partial charge on any atom is -0.306 e. The molecule has 2 aromatic carbocycles. The summed E-state index contributed by atoms with van der Waals surface area (Å²) in [5, 5.41) is 3.97. The van der Waals surface area contributed by atoms with Gasteiger partial charge in [-0.15, -0.1) is 0 Å². The molecule has 0 bridgehead atoms. The molecule has 0 aliphatic rings. The molecule has 0 heterocycles. The number of halogens is 3. The van der Waals surface area contributed by atoms with Crippen molar-refractivity contribution in [3.05, 3.63) is 68.9 Å². The van der Waals surface area contributed by atoms with E-state index in [4.69, 9.17) is 11.6 Å². The highest BCUT2D eigenvalue weighted by molar-refractivity contribution is 9.10. The first-order valence-corrected chi connectivity index (χ1v) is 7.17. The zero-order chi connectivity index (χ0) is 13.8. The Labute approximate surface area is 125 Å². The molecule has 0 spiro atoms. The molecule has 0 fully saturated rings. The average Bonchev–Trinajstić information content (AvgIpc) is 2.37. The first kappa shape index (κ1) is 14.5. The van der Waals surface area contributed by atoms with Gasteiger partial charge in [-0.05, 0) is 30.7 Å². The molecule has 0 saturated heterocycles. The smallest absolute Gasteiger partial charge is 0.127 e. The molecule has 19 heavy (non-hydrogen) atoms. The standard InChI is InChI=1S/C15H14BrClFN/c1-10(13-7-6-12(16)8-14(13)17)19-9-11-4-2-3-5-15(11)18/h2-8,10,19H,9H2,1H3. The molecule has 0 aromatic heterocycles. The van der Waals surface area contributed by atoms with Crippen molar-refractivity contribution >= 4 is 27.5 Å². The van der Waals surface area contributed by atoms with Gasteiger partial charge in [0, 0.05) is 27.6 Å². The Kier molecular flexibility index (Phi) is 4.97. The fraction of sp³-hybridized carbons (Fsp3) is 0.200. The minimum absolute atomic E-state index is 0.0557. The van der Waals surface area contributed by atoms with E-state index < -0.39 is 0 Å². The molecule has 0 radical (unpaired) electrons. The van der Waals surface area contributed by atoms with Gasteiger partial charge in [-0.1, -0.05) is 51.8 Å². The Bertz CT molecular complexity index is 574. The fourth-order valence-corrected chi connectivity index (χ4v) is 2.70. The van der Waals surface area contributed by atoms with Gasteiger partial charge in [0.2, 0.25) is 0 Å². The second kappa shape index (κ2) is 6.51. The Morgan fingerprint density at radius 2 is 2.00 bits per heavy atom. The molecule has 1 nitrogen and oxygen atoms in total. The summed E-state index contributed by atoms with van der Waals surface area (Å²) >= 11 is 9.57. The molecule has 1 unspecified atom stereocenters. The third kappa shape index (κ3) is 3.78. The Hall–Kier alpha value is -0.900. The van der Waals surface area contributed by atoms with Crippen LogP contribution < -0.4 is 5.32 Å². The van der Waals surface area contributed by atoms with Crippen LogP contribution in [0, 0.1) is 5.82 Å². The largest absolute Gasteiger partial charge is 0.306 e. The zero-order valence-electron chi connectivity index (χ0n) is 10.5. The van der Waals surface area contributed by atoms with Crippen LogP contribution in [0.25, 0.3) is 0 Å².